The van der Waals surface area contributed by atoms with Crippen molar-refractivity contribution in [3.05, 3.63) is 59.9 Å². The topological polar surface area (TPSA) is 58.6 Å². The van der Waals surface area contributed by atoms with E-state index in [1.807, 2.05) is 17.0 Å². The Morgan fingerprint density at radius 2 is 1.90 bits per heavy atom. The van der Waals surface area contributed by atoms with Gasteiger partial charge in [-0.25, -0.2) is 9.37 Å². The maximum atomic E-state index is 13.3. The summed E-state index contributed by atoms with van der Waals surface area (Å²) in [5.41, 5.74) is 1.41. The molecule has 3 heterocycles. The van der Waals surface area contributed by atoms with Crippen LogP contribution in [0.1, 0.15) is 54.6 Å². The Hall–Kier alpha value is -2.38. The molecule has 1 spiro atoms. The molecule has 6 nitrogen and oxygen atoms in total. The number of ether oxygens (including phenoxy) is 1. The highest BCUT2D eigenvalue weighted by atomic mass is 19.1. The molecule has 2 aromatic rings. The van der Waals surface area contributed by atoms with Crippen molar-refractivity contribution < 1.29 is 13.9 Å². The van der Waals surface area contributed by atoms with Crippen LogP contribution in [0.25, 0.3) is 0 Å². The average molecular weight is 425 g/mol. The van der Waals surface area contributed by atoms with Gasteiger partial charge in [-0.05, 0) is 56.2 Å². The number of hydrogen-bond acceptors (Lipinski definition) is 5. The van der Waals surface area contributed by atoms with Gasteiger partial charge in [0.15, 0.2) is 0 Å². The van der Waals surface area contributed by atoms with Crippen molar-refractivity contribution in [2.75, 3.05) is 19.7 Å². The molecule has 2 saturated heterocycles. The molecule has 164 valence electrons. The third-order valence-corrected chi connectivity index (χ3v) is 6.97. The minimum atomic E-state index is -0.186. The lowest BCUT2D eigenvalue weighted by molar-refractivity contribution is -0.131. The molecular formula is C24H29FN4O2. The number of benzene rings is 1. The van der Waals surface area contributed by atoms with Gasteiger partial charge < -0.3 is 9.64 Å². The van der Waals surface area contributed by atoms with Gasteiger partial charge in [-0.2, -0.15) is 0 Å². The Labute approximate surface area is 182 Å². The molecule has 3 aliphatic rings. The molecule has 3 fully saturated rings. The van der Waals surface area contributed by atoms with E-state index in [1.54, 1.807) is 24.5 Å². The second kappa shape index (κ2) is 8.63. The van der Waals surface area contributed by atoms with Crippen LogP contribution in [0.2, 0.25) is 0 Å². The van der Waals surface area contributed by atoms with Crippen molar-refractivity contribution in [1.29, 1.82) is 0 Å². The summed E-state index contributed by atoms with van der Waals surface area (Å²) in [6.07, 6.45) is 10.9. The van der Waals surface area contributed by atoms with E-state index in [2.05, 4.69) is 14.9 Å². The molecule has 1 saturated carbocycles. The van der Waals surface area contributed by atoms with Crippen LogP contribution in [0.5, 0.6) is 0 Å². The Morgan fingerprint density at radius 3 is 2.58 bits per heavy atom. The predicted octanol–water partition coefficient (Wildman–Crippen LogP) is 3.43. The molecular weight excluding hydrogens is 395 g/mol. The maximum Gasteiger partial charge on any atom is 0.274 e. The van der Waals surface area contributed by atoms with E-state index in [4.69, 9.17) is 4.74 Å². The molecule has 7 heteroatoms. The smallest absolute Gasteiger partial charge is 0.274 e. The first kappa shape index (κ1) is 20.5. The molecule has 2 aliphatic heterocycles. The van der Waals surface area contributed by atoms with Gasteiger partial charge in [0.1, 0.15) is 11.5 Å². The minimum absolute atomic E-state index is 0.0498. The first-order valence-electron chi connectivity index (χ1n) is 11.3. The van der Waals surface area contributed by atoms with Crippen molar-refractivity contribution in [3.63, 3.8) is 0 Å². The highest BCUT2D eigenvalue weighted by molar-refractivity contribution is 5.92. The Balaban J connectivity index is 1.23. The summed E-state index contributed by atoms with van der Waals surface area (Å²) in [5, 5.41) is 0. The van der Waals surface area contributed by atoms with Crippen LogP contribution in [-0.4, -0.2) is 63.1 Å². The maximum absolute atomic E-state index is 13.3. The zero-order valence-corrected chi connectivity index (χ0v) is 17.8. The van der Waals surface area contributed by atoms with E-state index in [1.165, 1.54) is 24.6 Å². The fourth-order valence-corrected chi connectivity index (χ4v) is 5.09. The third kappa shape index (κ3) is 4.62. The van der Waals surface area contributed by atoms with Crippen LogP contribution in [0.4, 0.5) is 4.39 Å². The van der Waals surface area contributed by atoms with Gasteiger partial charge in [0, 0.05) is 50.7 Å². The van der Waals surface area contributed by atoms with Crippen molar-refractivity contribution >= 4 is 5.91 Å². The fourth-order valence-electron chi connectivity index (χ4n) is 5.09. The molecule has 1 aliphatic carbocycles. The molecule has 5 rings (SSSR count). The van der Waals surface area contributed by atoms with Crippen LogP contribution in [0.15, 0.2) is 42.9 Å². The molecule has 0 bridgehead atoms. The number of carbonyl (C=O) groups excluding carboxylic acids is 1. The fraction of sp³-hybridized carbons (Fsp3) is 0.542. The van der Waals surface area contributed by atoms with Crippen molar-refractivity contribution in [2.24, 2.45) is 0 Å². The number of hydrogen-bond donors (Lipinski definition) is 0. The largest absolute Gasteiger partial charge is 0.375 e. The Bertz CT molecular complexity index is 896. The summed E-state index contributed by atoms with van der Waals surface area (Å²) in [5.74, 6) is -0.235. The summed E-state index contributed by atoms with van der Waals surface area (Å²) in [4.78, 5) is 25.4. The highest BCUT2D eigenvalue weighted by Crippen LogP contribution is 2.40. The van der Waals surface area contributed by atoms with Crippen molar-refractivity contribution in [1.82, 2.24) is 19.8 Å². The van der Waals surface area contributed by atoms with E-state index >= 15 is 0 Å². The molecule has 0 N–H and O–H groups in total. The molecule has 1 aromatic heterocycles. The molecule has 31 heavy (non-hydrogen) atoms. The van der Waals surface area contributed by atoms with Gasteiger partial charge in [0.2, 0.25) is 0 Å². The van der Waals surface area contributed by atoms with Crippen molar-refractivity contribution in [2.45, 2.75) is 62.8 Å². The first-order chi connectivity index (χ1) is 15.1. The molecule has 1 amide bonds. The van der Waals surface area contributed by atoms with E-state index in [9.17, 15) is 9.18 Å². The van der Waals surface area contributed by atoms with E-state index in [-0.39, 0.29) is 17.3 Å². The quantitative estimate of drug-likeness (QED) is 0.736. The van der Waals surface area contributed by atoms with Crippen LogP contribution >= 0.6 is 0 Å². The number of halogens is 1. The lowest BCUT2D eigenvalue weighted by atomic mass is 9.81. The second-order valence-corrected chi connectivity index (χ2v) is 9.09. The molecule has 1 atom stereocenters. The van der Waals surface area contributed by atoms with Gasteiger partial charge in [-0.3, -0.25) is 14.7 Å². The van der Waals surface area contributed by atoms with E-state index in [0.29, 0.717) is 30.9 Å². The van der Waals surface area contributed by atoms with Crippen LogP contribution in [-0.2, 0) is 11.3 Å². The molecule has 1 unspecified atom stereocenters. The number of aromatic nitrogens is 2. The zero-order valence-electron chi connectivity index (χ0n) is 17.8. The first-order valence-corrected chi connectivity index (χ1v) is 11.3. The van der Waals surface area contributed by atoms with Gasteiger partial charge >= 0.3 is 0 Å². The number of likely N-dealkylation sites (tertiary alicyclic amines) is 1. The Kier molecular flexibility index (Phi) is 5.71. The standard InChI is InChI=1S/C24H29FN4O2/c25-19-3-1-18(2-4-19)17-29(20-5-6-20)21-7-14-31-24(15-21)8-12-28(13-9-24)23(30)22-16-26-10-11-27-22/h1-4,10-11,16,20-21H,5-9,12-15,17H2. The molecule has 1 aromatic carbocycles. The summed E-state index contributed by atoms with van der Waals surface area (Å²) in [7, 11) is 0. The van der Waals surface area contributed by atoms with E-state index < -0.39 is 0 Å². The minimum Gasteiger partial charge on any atom is -0.375 e. The van der Waals surface area contributed by atoms with Crippen molar-refractivity contribution in [3.8, 4) is 0 Å². The number of rotatable bonds is 5. The number of nitrogens with zero attached hydrogens (tertiary/aromatic N) is 4. The Morgan fingerprint density at radius 1 is 1.13 bits per heavy atom. The predicted molar refractivity (Wildman–Crippen MR) is 114 cm³/mol. The summed E-state index contributed by atoms with van der Waals surface area (Å²) < 4.78 is 19.7. The SMILES string of the molecule is O=C(c1cnccn1)N1CCC2(CC1)CC(N(Cc1ccc(F)cc1)C1CC1)CCO2. The van der Waals surface area contributed by atoms with Gasteiger partial charge in [-0.15, -0.1) is 0 Å². The number of piperidine rings is 1. The zero-order chi connectivity index (χ0) is 21.3. The third-order valence-electron chi connectivity index (χ3n) is 6.97. The normalized spacial score (nSPS) is 23.3. The van der Waals surface area contributed by atoms with Crippen LogP contribution < -0.4 is 0 Å². The molecule has 0 radical (unpaired) electrons. The van der Waals surface area contributed by atoms with Gasteiger partial charge in [0.25, 0.3) is 5.91 Å². The highest BCUT2D eigenvalue weighted by Gasteiger charge is 2.45. The van der Waals surface area contributed by atoms with Crippen LogP contribution in [0, 0.1) is 5.82 Å². The number of amides is 1. The summed E-state index contributed by atoms with van der Waals surface area (Å²) in [6, 6.07) is 8.00. The lowest BCUT2D eigenvalue weighted by Crippen LogP contribution is -2.54. The second-order valence-electron chi connectivity index (χ2n) is 9.09. The van der Waals surface area contributed by atoms with Gasteiger partial charge in [-0.1, -0.05) is 12.1 Å². The lowest BCUT2D eigenvalue weighted by Gasteiger charge is -2.48. The summed E-state index contributed by atoms with van der Waals surface area (Å²) in [6.45, 7) is 2.99. The summed E-state index contributed by atoms with van der Waals surface area (Å²) >= 11 is 0. The monoisotopic (exact) mass is 424 g/mol. The van der Waals surface area contributed by atoms with Gasteiger partial charge in [0.05, 0.1) is 11.8 Å². The van der Waals surface area contributed by atoms with E-state index in [0.717, 1.165) is 38.8 Å². The average Bonchev–Trinajstić information content (AvgIpc) is 3.65. The number of carbonyl (C=O) groups is 1. The van der Waals surface area contributed by atoms with Crippen LogP contribution in [0.3, 0.4) is 0 Å².